The number of nitrogens with one attached hydrogen (secondary N) is 2. The lowest BCUT2D eigenvalue weighted by Gasteiger charge is -2.06. The van der Waals surface area contributed by atoms with Gasteiger partial charge in [0.05, 0.1) is 0 Å². The Morgan fingerprint density at radius 2 is 2.23 bits per heavy atom. The van der Waals surface area contributed by atoms with Crippen molar-refractivity contribution in [2.75, 3.05) is 5.73 Å². The minimum Gasteiger partial charge on any atom is -0.380 e. The number of halogens is 1. The van der Waals surface area contributed by atoms with Gasteiger partial charge in [0.25, 0.3) is 5.91 Å². The topological polar surface area (TPSA) is 110 Å². The maximum Gasteiger partial charge on any atom is 0.272 e. The normalized spacial score (nSPS) is 10.8. The molecule has 0 bridgehead atoms. The summed E-state index contributed by atoms with van der Waals surface area (Å²) in [4.78, 5) is 20.2. The van der Waals surface area contributed by atoms with Crippen molar-refractivity contribution >= 4 is 22.8 Å². The molecule has 1 aromatic carbocycles. The van der Waals surface area contributed by atoms with Crippen LogP contribution in [0.1, 0.15) is 21.6 Å². The number of aryl methyl sites for hydroxylation is 1. The molecule has 3 rings (SSSR count). The zero-order valence-electron chi connectivity index (χ0n) is 11.7. The summed E-state index contributed by atoms with van der Waals surface area (Å²) in [6.07, 6.45) is 1.26. The van der Waals surface area contributed by atoms with Crippen molar-refractivity contribution in [3.05, 3.63) is 47.2 Å². The monoisotopic (exact) mass is 300 g/mol. The van der Waals surface area contributed by atoms with Gasteiger partial charge in [0.1, 0.15) is 23.2 Å². The van der Waals surface area contributed by atoms with Crippen LogP contribution < -0.4 is 11.1 Å². The highest BCUT2D eigenvalue weighted by Gasteiger charge is 2.15. The Labute approximate surface area is 124 Å². The lowest BCUT2D eigenvalue weighted by atomic mass is 10.1. The second kappa shape index (κ2) is 5.40. The van der Waals surface area contributed by atoms with Crippen molar-refractivity contribution in [3.63, 3.8) is 0 Å². The van der Waals surface area contributed by atoms with Crippen LogP contribution in [0, 0.1) is 12.7 Å². The Bertz CT molecular complexity index is 860. The molecule has 4 N–H and O–H groups in total. The van der Waals surface area contributed by atoms with Crippen LogP contribution in [0.2, 0.25) is 0 Å². The van der Waals surface area contributed by atoms with E-state index in [-0.39, 0.29) is 23.9 Å². The van der Waals surface area contributed by atoms with Crippen molar-refractivity contribution < 1.29 is 9.18 Å². The van der Waals surface area contributed by atoms with E-state index >= 15 is 0 Å². The van der Waals surface area contributed by atoms with Gasteiger partial charge in [0.15, 0.2) is 11.5 Å². The van der Waals surface area contributed by atoms with Gasteiger partial charge in [0.2, 0.25) is 0 Å². The van der Waals surface area contributed by atoms with Crippen molar-refractivity contribution in [2.24, 2.45) is 0 Å². The predicted octanol–water partition coefficient (Wildman–Crippen LogP) is 1.31. The van der Waals surface area contributed by atoms with Crippen LogP contribution in [-0.2, 0) is 6.54 Å². The number of nitrogens with two attached hydrogens (primary N) is 1. The van der Waals surface area contributed by atoms with Gasteiger partial charge in [-0.05, 0) is 24.1 Å². The van der Waals surface area contributed by atoms with E-state index < -0.39 is 5.91 Å². The van der Waals surface area contributed by atoms with Crippen LogP contribution in [0.15, 0.2) is 24.5 Å². The summed E-state index contributed by atoms with van der Waals surface area (Å²) in [5.41, 5.74) is 7.90. The summed E-state index contributed by atoms with van der Waals surface area (Å²) < 4.78 is 13.2. The Hall–Kier alpha value is -3.03. The quantitative estimate of drug-likeness (QED) is 0.675. The average Bonchev–Trinajstić information content (AvgIpc) is 2.90. The Morgan fingerprint density at radius 3 is 3.00 bits per heavy atom. The third kappa shape index (κ3) is 2.46. The molecule has 0 spiro atoms. The van der Waals surface area contributed by atoms with Gasteiger partial charge in [-0.1, -0.05) is 12.1 Å². The van der Waals surface area contributed by atoms with Gasteiger partial charge in [-0.3, -0.25) is 9.89 Å². The van der Waals surface area contributed by atoms with E-state index in [2.05, 4.69) is 25.5 Å². The van der Waals surface area contributed by atoms with Crippen molar-refractivity contribution in [1.82, 2.24) is 25.5 Å². The lowest BCUT2D eigenvalue weighted by molar-refractivity contribution is 0.0947. The fourth-order valence-electron chi connectivity index (χ4n) is 2.11. The highest BCUT2D eigenvalue weighted by molar-refractivity contribution is 6.04. The Kier molecular flexibility index (Phi) is 3.42. The molecule has 3 aromatic rings. The standard InChI is InChI=1S/C14H13FN6O/c1-7-4-8(2-3-9(7)15)5-17-14(22)12-10-11(18-6-19-12)13(16)21-20-10/h2-4,6H,5H2,1H3,(H,17,22)(H3,16,20,21). The van der Waals surface area contributed by atoms with E-state index in [1.807, 2.05) is 0 Å². The van der Waals surface area contributed by atoms with Crippen molar-refractivity contribution in [3.8, 4) is 0 Å². The summed E-state index contributed by atoms with van der Waals surface area (Å²) in [6, 6.07) is 4.67. The molecule has 112 valence electrons. The minimum absolute atomic E-state index is 0.160. The number of carbonyl (C=O) groups excluding carboxylic acids is 1. The molecule has 2 heterocycles. The number of anilines is 1. The van der Waals surface area contributed by atoms with E-state index in [0.29, 0.717) is 16.6 Å². The smallest absolute Gasteiger partial charge is 0.272 e. The molecule has 0 saturated carbocycles. The number of nitrogens with zero attached hydrogens (tertiary/aromatic N) is 3. The molecule has 8 heteroatoms. The average molecular weight is 300 g/mol. The van der Waals surface area contributed by atoms with Gasteiger partial charge in [-0.25, -0.2) is 14.4 Å². The van der Waals surface area contributed by atoms with Crippen LogP contribution in [0.25, 0.3) is 11.0 Å². The number of aromatic amines is 1. The van der Waals surface area contributed by atoms with Gasteiger partial charge in [-0.2, -0.15) is 5.10 Å². The Morgan fingerprint density at radius 1 is 1.41 bits per heavy atom. The molecule has 2 aromatic heterocycles. The highest BCUT2D eigenvalue weighted by atomic mass is 19.1. The number of aromatic nitrogens is 4. The van der Waals surface area contributed by atoms with E-state index in [9.17, 15) is 9.18 Å². The summed E-state index contributed by atoms with van der Waals surface area (Å²) >= 11 is 0. The first-order valence-electron chi connectivity index (χ1n) is 6.54. The van der Waals surface area contributed by atoms with Gasteiger partial charge in [0, 0.05) is 6.54 Å². The lowest BCUT2D eigenvalue weighted by Crippen LogP contribution is -2.24. The number of carbonyl (C=O) groups is 1. The summed E-state index contributed by atoms with van der Waals surface area (Å²) in [5.74, 6) is -0.459. The number of rotatable bonds is 3. The van der Waals surface area contributed by atoms with Crippen LogP contribution in [-0.4, -0.2) is 26.1 Å². The minimum atomic E-state index is -0.391. The Balaban J connectivity index is 1.80. The molecular weight excluding hydrogens is 287 g/mol. The number of hydrogen-bond donors (Lipinski definition) is 3. The number of fused-ring (bicyclic) bond motifs is 1. The van der Waals surface area contributed by atoms with Gasteiger partial charge >= 0.3 is 0 Å². The second-order valence-electron chi connectivity index (χ2n) is 4.82. The van der Waals surface area contributed by atoms with E-state index in [4.69, 9.17) is 5.73 Å². The van der Waals surface area contributed by atoms with Crippen LogP contribution in [0.3, 0.4) is 0 Å². The second-order valence-corrected chi connectivity index (χ2v) is 4.82. The van der Waals surface area contributed by atoms with Crippen LogP contribution in [0.4, 0.5) is 10.2 Å². The molecule has 1 amide bonds. The van der Waals surface area contributed by atoms with Crippen LogP contribution in [0.5, 0.6) is 0 Å². The number of hydrogen-bond acceptors (Lipinski definition) is 5. The fraction of sp³-hybridized carbons (Fsp3) is 0.143. The molecular formula is C14H13FN6O. The van der Waals surface area contributed by atoms with Gasteiger partial charge < -0.3 is 11.1 Å². The number of nitrogen functional groups attached to an aromatic ring is 1. The molecule has 0 aliphatic heterocycles. The molecule has 0 radical (unpaired) electrons. The zero-order chi connectivity index (χ0) is 15.7. The molecule has 0 atom stereocenters. The van der Waals surface area contributed by atoms with Crippen molar-refractivity contribution in [1.29, 1.82) is 0 Å². The third-order valence-corrected chi connectivity index (χ3v) is 3.27. The molecule has 0 fully saturated rings. The summed E-state index contributed by atoms with van der Waals surface area (Å²) in [5, 5.41) is 9.17. The predicted molar refractivity (Wildman–Crippen MR) is 78.4 cm³/mol. The largest absolute Gasteiger partial charge is 0.380 e. The SMILES string of the molecule is Cc1cc(CNC(=O)c2ncnc3c(N)n[nH]c23)ccc1F. The number of benzene rings is 1. The molecule has 0 unspecified atom stereocenters. The molecule has 0 saturated heterocycles. The first-order valence-corrected chi connectivity index (χ1v) is 6.54. The van der Waals surface area contributed by atoms with Crippen LogP contribution >= 0.6 is 0 Å². The molecule has 22 heavy (non-hydrogen) atoms. The number of H-pyrrole nitrogens is 1. The third-order valence-electron chi connectivity index (χ3n) is 3.27. The number of amides is 1. The first-order chi connectivity index (χ1) is 10.6. The molecule has 0 aliphatic rings. The zero-order valence-corrected chi connectivity index (χ0v) is 11.7. The fourth-order valence-corrected chi connectivity index (χ4v) is 2.11. The highest BCUT2D eigenvalue weighted by Crippen LogP contribution is 2.16. The van der Waals surface area contributed by atoms with E-state index in [0.717, 1.165) is 5.56 Å². The summed E-state index contributed by atoms with van der Waals surface area (Å²) in [7, 11) is 0. The van der Waals surface area contributed by atoms with Crippen molar-refractivity contribution in [2.45, 2.75) is 13.5 Å². The van der Waals surface area contributed by atoms with Gasteiger partial charge in [-0.15, -0.1) is 0 Å². The first kappa shape index (κ1) is 13.9. The summed E-state index contributed by atoms with van der Waals surface area (Å²) in [6.45, 7) is 1.93. The maximum atomic E-state index is 13.2. The molecule has 7 nitrogen and oxygen atoms in total. The maximum absolute atomic E-state index is 13.2. The van der Waals surface area contributed by atoms with E-state index in [1.54, 1.807) is 19.1 Å². The van der Waals surface area contributed by atoms with E-state index in [1.165, 1.54) is 12.4 Å². The molecule has 0 aliphatic carbocycles.